The summed E-state index contributed by atoms with van der Waals surface area (Å²) in [5.74, 6) is -1.18. The smallest absolute Gasteiger partial charge is 0.239 e. The molecule has 0 aliphatic heterocycles. The van der Waals surface area contributed by atoms with Gasteiger partial charge in [-0.15, -0.1) is 0 Å². The standard InChI is InChI=1S/C12H21N3O4/c1-4-8(2)10(7-16)15-12(19)6-14-11(18)5-13-9(3)17/h7-8,10H,4-6H2,1-3H3,(H,13,17)(H,14,18)(H,15,19)/t8-,10?/m0/s1. The second kappa shape index (κ2) is 9.07. The van der Waals surface area contributed by atoms with Crippen molar-refractivity contribution in [3.63, 3.8) is 0 Å². The van der Waals surface area contributed by atoms with Gasteiger partial charge in [-0.3, -0.25) is 14.4 Å². The Morgan fingerprint density at radius 1 is 1.11 bits per heavy atom. The van der Waals surface area contributed by atoms with Gasteiger partial charge in [0.05, 0.1) is 19.1 Å². The Morgan fingerprint density at radius 3 is 2.16 bits per heavy atom. The summed E-state index contributed by atoms with van der Waals surface area (Å²) in [7, 11) is 0. The maximum absolute atomic E-state index is 11.5. The van der Waals surface area contributed by atoms with Gasteiger partial charge in [0.1, 0.15) is 6.29 Å². The Balaban J connectivity index is 4.00. The van der Waals surface area contributed by atoms with Crippen molar-refractivity contribution in [1.29, 1.82) is 0 Å². The second-order valence-corrected chi connectivity index (χ2v) is 4.30. The molecule has 108 valence electrons. The third-order valence-corrected chi connectivity index (χ3v) is 2.68. The first-order valence-electron chi connectivity index (χ1n) is 6.16. The van der Waals surface area contributed by atoms with E-state index in [0.29, 0.717) is 6.29 Å². The number of nitrogens with one attached hydrogen (secondary N) is 3. The first-order valence-corrected chi connectivity index (χ1v) is 6.16. The second-order valence-electron chi connectivity index (χ2n) is 4.30. The number of carbonyl (C=O) groups is 4. The summed E-state index contributed by atoms with van der Waals surface area (Å²) in [6.45, 7) is 4.67. The number of amides is 3. The first kappa shape index (κ1) is 17.1. The predicted molar refractivity (Wildman–Crippen MR) is 69.1 cm³/mol. The molecule has 0 aromatic rings. The minimum Gasteiger partial charge on any atom is -0.347 e. The number of hydrogen-bond acceptors (Lipinski definition) is 4. The molecule has 3 N–H and O–H groups in total. The molecule has 0 aliphatic carbocycles. The lowest BCUT2D eigenvalue weighted by Gasteiger charge is -2.18. The topological polar surface area (TPSA) is 104 Å². The summed E-state index contributed by atoms with van der Waals surface area (Å²) in [6, 6.07) is -0.551. The molecule has 0 rings (SSSR count). The van der Waals surface area contributed by atoms with Crippen LogP contribution >= 0.6 is 0 Å². The van der Waals surface area contributed by atoms with Crippen LogP contribution in [0, 0.1) is 5.92 Å². The lowest BCUT2D eigenvalue weighted by Crippen LogP contribution is -2.46. The minimum absolute atomic E-state index is 0.0385. The van der Waals surface area contributed by atoms with Crippen molar-refractivity contribution < 1.29 is 19.2 Å². The van der Waals surface area contributed by atoms with E-state index in [-0.39, 0.29) is 24.9 Å². The highest BCUT2D eigenvalue weighted by molar-refractivity contribution is 5.88. The SMILES string of the molecule is CC[C@H](C)C(C=O)NC(=O)CNC(=O)CNC(C)=O. The van der Waals surface area contributed by atoms with Crippen molar-refractivity contribution in [2.45, 2.75) is 33.2 Å². The van der Waals surface area contributed by atoms with Crippen molar-refractivity contribution in [3.05, 3.63) is 0 Å². The molecule has 0 aliphatic rings. The van der Waals surface area contributed by atoms with Gasteiger partial charge in [-0.1, -0.05) is 20.3 Å². The van der Waals surface area contributed by atoms with E-state index in [1.165, 1.54) is 6.92 Å². The van der Waals surface area contributed by atoms with Crippen molar-refractivity contribution in [3.8, 4) is 0 Å². The van der Waals surface area contributed by atoms with Crippen LogP contribution in [0.2, 0.25) is 0 Å². The van der Waals surface area contributed by atoms with Gasteiger partial charge in [0.25, 0.3) is 0 Å². The summed E-state index contributed by atoms with van der Waals surface area (Å²) in [6.07, 6.45) is 1.45. The average Bonchev–Trinajstić information content (AvgIpc) is 2.39. The fourth-order valence-corrected chi connectivity index (χ4v) is 1.25. The van der Waals surface area contributed by atoms with Crippen molar-refractivity contribution >= 4 is 24.0 Å². The quantitative estimate of drug-likeness (QED) is 0.491. The number of rotatable bonds is 8. The van der Waals surface area contributed by atoms with Gasteiger partial charge in [-0.05, 0) is 5.92 Å². The summed E-state index contributed by atoms with van der Waals surface area (Å²) in [4.78, 5) is 44.1. The largest absolute Gasteiger partial charge is 0.347 e. The molecule has 2 atom stereocenters. The van der Waals surface area contributed by atoms with Crippen LogP contribution in [0.1, 0.15) is 27.2 Å². The Hall–Kier alpha value is -1.92. The Morgan fingerprint density at radius 2 is 1.68 bits per heavy atom. The highest BCUT2D eigenvalue weighted by Crippen LogP contribution is 2.04. The fourth-order valence-electron chi connectivity index (χ4n) is 1.25. The zero-order chi connectivity index (χ0) is 14.8. The van der Waals surface area contributed by atoms with Gasteiger partial charge in [-0.2, -0.15) is 0 Å². The molecule has 0 fully saturated rings. The van der Waals surface area contributed by atoms with E-state index in [1.807, 2.05) is 13.8 Å². The van der Waals surface area contributed by atoms with Crippen molar-refractivity contribution in [1.82, 2.24) is 16.0 Å². The summed E-state index contributed by atoms with van der Waals surface area (Å²) >= 11 is 0. The molecule has 0 aromatic heterocycles. The molecule has 0 heterocycles. The van der Waals surface area contributed by atoms with Crippen LogP contribution in [0.4, 0.5) is 0 Å². The van der Waals surface area contributed by atoms with E-state index in [9.17, 15) is 19.2 Å². The molecular weight excluding hydrogens is 250 g/mol. The highest BCUT2D eigenvalue weighted by atomic mass is 16.2. The van der Waals surface area contributed by atoms with Gasteiger partial charge in [0.2, 0.25) is 17.7 Å². The Labute approximate surface area is 112 Å². The molecule has 19 heavy (non-hydrogen) atoms. The maximum Gasteiger partial charge on any atom is 0.239 e. The normalized spacial score (nSPS) is 13.0. The average molecular weight is 271 g/mol. The summed E-state index contributed by atoms with van der Waals surface area (Å²) in [5.41, 5.74) is 0. The number of carbonyl (C=O) groups excluding carboxylic acids is 4. The van der Waals surface area contributed by atoms with Crippen LogP contribution in [0.3, 0.4) is 0 Å². The van der Waals surface area contributed by atoms with Crippen LogP contribution in [-0.4, -0.2) is 43.1 Å². The Kier molecular flexibility index (Phi) is 8.15. The molecule has 7 heteroatoms. The maximum atomic E-state index is 11.5. The first-order chi connectivity index (χ1) is 8.90. The molecular formula is C12H21N3O4. The van der Waals surface area contributed by atoms with Crippen LogP contribution < -0.4 is 16.0 Å². The van der Waals surface area contributed by atoms with Crippen molar-refractivity contribution in [2.75, 3.05) is 13.1 Å². The minimum atomic E-state index is -0.551. The molecule has 0 saturated heterocycles. The van der Waals surface area contributed by atoms with Crippen LogP contribution in [-0.2, 0) is 19.2 Å². The lowest BCUT2D eigenvalue weighted by atomic mass is 10.0. The predicted octanol–water partition coefficient (Wildman–Crippen LogP) is -1.03. The van der Waals surface area contributed by atoms with E-state index in [0.717, 1.165) is 6.42 Å². The van der Waals surface area contributed by atoms with Gasteiger partial charge in [-0.25, -0.2) is 0 Å². The van der Waals surface area contributed by atoms with E-state index in [4.69, 9.17) is 0 Å². The zero-order valence-corrected chi connectivity index (χ0v) is 11.5. The van der Waals surface area contributed by atoms with E-state index < -0.39 is 17.9 Å². The van der Waals surface area contributed by atoms with E-state index in [2.05, 4.69) is 16.0 Å². The molecule has 0 aromatic carbocycles. The van der Waals surface area contributed by atoms with Gasteiger partial charge >= 0.3 is 0 Å². The monoisotopic (exact) mass is 271 g/mol. The lowest BCUT2D eigenvalue weighted by molar-refractivity contribution is -0.128. The number of hydrogen-bond donors (Lipinski definition) is 3. The van der Waals surface area contributed by atoms with Crippen LogP contribution in [0.5, 0.6) is 0 Å². The zero-order valence-electron chi connectivity index (χ0n) is 11.5. The molecule has 3 amide bonds. The van der Waals surface area contributed by atoms with Gasteiger partial charge < -0.3 is 20.7 Å². The van der Waals surface area contributed by atoms with Crippen LogP contribution in [0.15, 0.2) is 0 Å². The third-order valence-electron chi connectivity index (χ3n) is 2.68. The fraction of sp³-hybridized carbons (Fsp3) is 0.667. The van der Waals surface area contributed by atoms with E-state index >= 15 is 0 Å². The molecule has 1 unspecified atom stereocenters. The number of aldehydes is 1. The highest BCUT2D eigenvalue weighted by Gasteiger charge is 2.17. The van der Waals surface area contributed by atoms with Crippen LogP contribution in [0.25, 0.3) is 0 Å². The summed E-state index contributed by atoms with van der Waals surface area (Å²) in [5, 5.41) is 7.18. The molecule has 0 saturated carbocycles. The molecule has 7 nitrogen and oxygen atoms in total. The van der Waals surface area contributed by atoms with Gasteiger partial charge in [0.15, 0.2) is 0 Å². The van der Waals surface area contributed by atoms with Crippen molar-refractivity contribution in [2.24, 2.45) is 5.92 Å². The Bertz CT molecular complexity index is 344. The summed E-state index contributed by atoms with van der Waals surface area (Å²) < 4.78 is 0. The van der Waals surface area contributed by atoms with E-state index in [1.54, 1.807) is 0 Å². The molecule has 0 radical (unpaired) electrons. The molecule has 0 bridgehead atoms. The van der Waals surface area contributed by atoms with Gasteiger partial charge in [0, 0.05) is 6.92 Å². The third kappa shape index (κ3) is 7.91. The molecule has 0 spiro atoms.